The minimum atomic E-state index is 0. The summed E-state index contributed by atoms with van der Waals surface area (Å²) in [6.07, 6.45) is 3.56. The van der Waals surface area contributed by atoms with Crippen molar-refractivity contribution in [2.45, 2.75) is 0 Å². The number of nitrogen functional groups attached to an aromatic ring is 1. The van der Waals surface area contributed by atoms with E-state index < -0.39 is 0 Å². The van der Waals surface area contributed by atoms with Gasteiger partial charge in [0.25, 0.3) is 0 Å². The number of aromatic nitrogens is 1. The molecule has 0 fully saturated rings. The Hall–Kier alpha value is 0.716. The van der Waals surface area contributed by atoms with Crippen molar-refractivity contribution in [2.24, 2.45) is 0 Å². The van der Waals surface area contributed by atoms with Gasteiger partial charge in [-0.15, -0.1) is 0 Å². The number of nitrogens with zero attached hydrogens (tertiary/aromatic N) is 1. The number of hydrogen-bond acceptors (Lipinski definition) is 1. The molecule has 0 atom stereocenters. The maximum absolute atomic E-state index is 5.19. The van der Waals surface area contributed by atoms with Gasteiger partial charge in [-0.05, 0) is 12.1 Å². The third kappa shape index (κ3) is 2.51. The van der Waals surface area contributed by atoms with Gasteiger partial charge in [-0.3, -0.25) is 4.68 Å². The Balaban J connectivity index is 0.000000360. The minimum absolute atomic E-state index is 0. The van der Waals surface area contributed by atoms with Gasteiger partial charge in [0.05, 0.1) is 0 Å². The molecule has 0 unspecified atom stereocenters. The zero-order valence-electron chi connectivity index (χ0n) is 3.33. The van der Waals surface area contributed by atoms with Crippen LogP contribution in [-0.2, 0) is 0 Å². The van der Waals surface area contributed by atoms with Crippen LogP contribution in [0.1, 0.15) is 0 Å². The molecule has 0 aliphatic rings. The van der Waals surface area contributed by atoms with E-state index in [9.17, 15) is 0 Å². The quantitative estimate of drug-likeness (QED) is 0.367. The topological polar surface area (TPSA) is 30.9 Å². The van der Waals surface area contributed by atoms with E-state index in [2.05, 4.69) is 0 Å². The van der Waals surface area contributed by atoms with Crippen molar-refractivity contribution in [1.29, 1.82) is 0 Å². The van der Waals surface area contributed by atoms with Gasteiger partial charge in [0, 0.05) is 12.4 Å². The Labute approximate surface area is 85.1 Å². The van der Waals surface area contributed by atoms with Crippen LogP contribution < -0.4 is 5.84 Å². The molecule has 1 heterocycles. The Kier molecular flexibility index (Phi) is 4.06. The molecule has 1 aromatic rings. The van der Waals surface area contributed by atoms with Crippen molar-refractivity contribution in [2.75, 3.05) is 5.84 Å². The molecule has 2 nitrogen and oxygen atoms in total. The van der Waals surface area contributed by atoms with E-state index in [1.54, 1.807) is 12.4 Å². The summed E-state index contributed by atoms with van der Waals surface area (Å²) in [5.74, 6) is 5.19. The molecule has 0 bridgehead atoms. The molecule has 3 heteroatoms. The molecular formula is C4H7KN2. The van der Waals surface area contributed by atoms with Crippen molar-refractivity contribution in [3.8, 4) is 0 Å². The summed E-state index contributed by atoms with van der Waals surface area (Å²) in [7, 11) is 0. The van der Waals surface area contributed by atoms with Crippen LogP contribution in [0.5, 0.6) is 0 Å². The van der Waals surface area contributed by atoms with Crippen LogP contribution in [0.4, 0.5) is 0 Å². The Morgan fingerprint density at radius 3 is 1.71 bits per heavy atom. The molecule has 1 aromatic heterocycles. The summed E-state index contributed by atoms with van der Waals surface area (Å²) in [6, 6.07) is 3.75. The summed E-state index contributed by atoms with van der Waals surface area (Å²) in [5, 5.41) is 0. The van der Waals surface area contributed by atoms with Crippen LogP contribution in [0, 0.1) is 0 Å². The fourth-order valence-corrected chi connectivity index (χ4v) is 0.348. The average molecular weight is 122 g/mol. The van der Waals surface area contributed by atoms with Gasteiger partial charge in [0.1, 0.15) is 0 Å². The second-order valence-corrected chi connectivity index (χ2v) is 1.13. The first-order valence-electron chi connectivity index (χ1n) is 1.77. The van der Waals surface area contributed by atoms with Gasteiger partial charge in [-0.2, -0.15) is 0 Å². The second-order valence-electron chi connectivity index (χ2n) is 1.13. The molecular weight excluding hydrogens is 115 g/mol. The van der Waals surface area contributed by atoms with Crippen molar-refractivity contribution in [1.82, 2.24) is 4.68 Å². The van der Waals surface area contributed by atoms with Gasteiger partial charge in [0.15, 0.2) is 0 Å². The van der Waals surface area contributed by atoms with E-state index in [4.69, 9.17) is 5.84 Å². The van der Waals surface area contributed by atoms with Gasteiger partial charge in [-0.25, -0.2) is 0 Å². The molecule has 0 saturated heterocycles. The average Bonchev–Trinajstić information content (AvgIpc) is 1.86. The van der Waals surface area contributed by atoms with Crippen molar-refractivity contribution in [3.05, 3.63) is 24.5 Å². The molecule has 7 heavy (non-hydrogen) atoms. The van der Waals surface area contributed by atoms with E-state index in [1.807, 2.05) is 12.1 Å². The third-order valence-corrected chi connectivity index (χ3v) is 0.628. The number of rotatable bonds is 0. The Bertz CT molecular complexity index is 113. The Morgan fingerprint density at radius 1 is 1.14 bits per heavy atom. The summed E-state index contributed by atoms with van der Waals surface area (Å²) in [6.45, 7) is 0. The fourth-order valence-electron chi connectivity index (χ4n) is 0.348. The summed E-state index contributed by atoms with van der Waals surface area (Å²) in [5.41, 5.74) is 0. The first kappa shape index (κ1) is 7.72. The van der Waals surface area contributed by atoms with Gasteiger partial charge in [-0.1, -0.05) is 0 Å². The molecule has 0 aliphatic heterocycles. The molecule has 0 aliphatic carbocycles. The number of nitrogens with two attached hydrogens (primary N) is 1. The van der Waals surface area contributed by atoms with Crippen molar-refractivity contribution in [3.63, 3.8) is 0 Å². The first-order chi connectivity index (χ1) is 2.89. The Morgan fingerprint density at radius 2 is 1.57 bits per heavy atom. The monoisotopic (exact) mass is 122 g/mol. The second kappa shape index (κ2) is 3.69. The molecule has 0 saturated carbocycles. The van der Waals surface area contributed by atoms with Gasteiger partial charge in [0.2, 0.25) is 0 Å². The van der Waals surface area contributed by atoms with Gasteiger partial charge < -0.3 is 5.84 Å². The summed E-state index contributed by atoms with van der Waals surface area (Å²) >= 11 is 0. The van der Waals surface area contributed by atoms with E-state index in [-0.39, 0.29) is 51.4 Å². The van der Waals surface area contributed by atoms with Gasteiger partial charge >= 0.3 is 51.4 Å². The SMILES string of the molecule is Nn1cccc1.[KH]. The molecule has 0 aromatic carbocycles. The van der Waals surface area contributed by atoms with E-state index in [1.165, 1.54) is 4.68 Å². The van der Waals surface area contributed by atoms with Crippen LogP contribution in [0.25, 0.3) is 0 Å². The molecule has 0 spiro atoms. The van der Waals surface area contributed by atoms with E-state index >= 15 is 0 Å². The van der Waals surface area contributed by atoms with Crippen molar-refractivity contribution < 1.29 is 0 Å². The van der Waals surface area contributed by atoms with Crippen molar-refractivity contribution >= 4 is 51.4 Å². The number of hydrogen-bond donors (Lipinski definition) is 1. The molecule has 0 radical (unpaired) electrons. The van der Waals surface area contributed by atoms with Crippen LogP contribution >= 0.6 is 0 Å². The molecule has 0 amide bonds. The zero-order valence-corrected chi connectivity index (χ0v) is 3.33. The molecule has 34 valence electrons. The molecule has 2 N–H and O–H groups in total. The van der Waals surface area contributed by atoms with Crippen LogP contribution in [0.2, 0.25) is 0 Å². The van der Waals surface area contributed by atoms with Crippen LogP contribution in [0.3, 0.4) is 0 Å². The fraction of sp³-hybridized carbons (Fsp3) is 0. The van der Waals surface area contributed by atoms with Crippen LogP contribution in [-0.4, -0.2) is 56.1 Å². The van der Waals surface area contributed by atoms with E-state index in [0.29, 0.717) is 0 Å². The predicted molar refractivity (Wildman–Crippen MR) is 31.7 cm³/mol. The maximum atomic E-state index is 5.19. The summed E-state index contributed by atoms with van der Waals surface area (Å²) in [4.78, 5) is 0. The first-order valence-corrected chi connectivity index (χ1v) is 1.77. The standard InChI is InChI=1S/C4H6N2.K.H/c5-6-3-1-2-4-6;;/h1-4H,5H2;;. The van der Waals surface area contributed by atoms with Crippen LogP contribution in [0.15, 0.2) is 24.5 Å². The van der Waals surface area contributed by atoms with E-state index in [0.717, 1.165) is 0 Å². The summed E-state index contributed by atoms with van der Waals surface area (Å²) < 4.78 is 1.50. The third-order valence-electron chi connectivity index (χ3n) is 0.628. The normalized spacial score (nSPS) is 7.43. The molecule has 1 rings (SSSR count). The zero-order chi connectivity index (χ0) is 4.41. The predicted octanol–water partition coefficient (Wildman–Crippen LogP) is -0.447.